The predicted molar refractivity (Wildman–Crippen MR) is 106 cm³/mol. The molecule has 1 heterocycles. The van der Waals surface area contributed by atoms with E-state index in [1.54, 1.807) is 72.8 Å². The molecule has 1 aliphatic rings. The van der Waals surface area contributed by atoms with Crippen molar-refractivity contribution in [3.05, 3.63) is 102 Å². The molecule has 0 aromatic heterocycles. The highest BCUT2D eigenvalue weighted by Gasteiger charge is 2.47. The molecule has 5 nitrogen and oxygen atoms in total. The number of carbonyl (C=O) groups excluding carboxylic acids is 2. The van der Waals surface area contributed by atoms with Gasteiger partial charge in [-0.2, -0.15) is 0 Å². The van der Waals surface area contributed by atoms with Crippen LogP contribution in [0.5, 0.6) is 5.75 Å². The van der Waals surface area contributed by atoms with Crippen molar-refractivity contribution in [3.63, 3.8) is 0 Å². The fraction of sp³-hybridized carbons (Fsp3) is 0.0435. The van der Waals surface area contributed by atoms with E-state index in [2.05, 4.69) is 0 Å². The summed E-state index contributed by atoms with van der Waals surface area (Å²) in [6, 6.07) is 23.1. The number of aliphatic hydroxyl groups is 1. The van der Waals surface area contributed by atoms with Crippen molar-refractivity contribution in [1.82, 2.24) is 0 Å². The molecule has 1 aliphatic heterocycles. The maximum atomic E-state index is 12.9. The highest BCUT2D eigenvalue weighted by Crippen LogP contribution is 2.44. The first-order valence-corrected chi connectivity index (χ1v) is 8.79. The Morgan fingerprint density at radius 3 is 2.00 bits per heavy atom. The van der Waals surface area contributed by atoms with E-state index in [4.69, 9.17) is 0 Å². The molecule has 0 spiro atoms. The summed E-state index contributed by atoms with van der Waals surface area (Å²) in [7, 11) is 0. The minimum Gasteiger partial charge on any atom is -0.507 e. The number of nitrogens with zero attached hydrogens (tertiary/aromatic N) is 1. The van der Waals surface area contributed by atoms with Crippen molar-refractivity contribution < 1.29 is 19.8 Å². The SMILES string of the molecule is O=C1C(=O)N(c2ccccc2O)C(c2ccccc2)/C1=C(\O)c1ccccc1. The van der Waals surface area contributed by atoms with E-state index in [1.165, 1.54) is 11.0 Å². The van der Waals surface area contributed by atoms with Crippen molar-refractivity contribution in [2.75, 3.05) is 4.90 Å². The molecule has 138 valence electrons. The Morgan fingerprint density at radius 2 is 1.36 bits per heavy atom. The Kier molecular flexibility index (Phi) is 4.41. The van der Waals surface area contributed by atoms with Crippen LogP contribution in [0.1, 0.15) is 17.2 Å². The summed E-state index contributed by atoms with van der Waals surface area (Å²) < 4.78 is 0. The minimum atomic E-state index is -0.852. The van der Waals surface area contributed by atoms with E-state index >= 15 is 0 Å². The van der Waals surface area contributed by atoms with E-state index in [-0.39, 0.29) is 22.8 Å². The van der Waals surface area contributed by atoms with Crippen LogP contribution in [-0.4, -0.2) is 21.9 Å². The first-order chi connectivity index (χ1) is 13.6. The van der Waals surface area contributed by atoms with Crippen LogP contribution in [0.4, 0.5) is 5.69 Å². The monoisotopic (exact) mass is 371 g/mol. The average molecular weight is 371 g/mol. The summed E-state index contributed by atoms with van der Waals surface area (Å²) in [4.78, 5) is 27.1. The van der Waals surface area contributed by atoms with Crippen LogP contribution in [-0.2, 0) is 9.59 Å². The van der Waals surface area contributed by atoms with E-state index in [1.807, 2.05) is 6.07 Å². The molecule has 1 fully saturated rings. The first-order valence-electron chi connectivity index (χ1n) is 8.79. The number of hydrogen-bond donors (Lipinski definition) is 2. The number of hydrogen-bond acceptors (Lipinski definition) is 4. The number of benzene rings is 3. The molecule has 1 unspecified atom stereocenters. The summed E-state index contributed by atoms with van der Waals surface area (Å²) >= 11 is 0. The van der Waals surface area contributed by atoms with Gasteiger partial charge in [-0.25, -0.2) is 0 Å². The molecule has 1 atom stereocenters. The van der Waals surface area contributed by atoms with Crippen molar-refractivity contribution >= 4 is 23.1 Å². The second-order valence-corrected chi connectivity index (χ2v) is 6.43. The van der Waals surface area contributed by atoms with Gasteiger partial charge in [0, 0.05) is 5.56 Å². The summed E-state index contributed by atoms with van der Waals surface area (Å²) in [6.45, 7) is 0. The standard InChI is InChI=1S/C23H17NO4/c25-18-14-8-7-13-17(18)24-20(15-9-3-1-4-10-15)19(22(27)23(24)28)21(26)16-11-5-2-6-12-16/h1-14,20,25-26H/b21-19+. The van der Waals surface area contributed by atoms with Crippen LogP contribution >= 0.6 is 0 Å². The largest absolute Gasteiger partial charge is 0.507 e. The molecule has 2 N–H and O–H groups in total. The van der Waals surface area contributed by atoms with Crippen LogP contribution < -0.4 is 4.90 Å². The molecule has 0 bridgehead atoms. The molecule has 5 heteroatoms. The molecule has 4 rings (SSSR count). The van der Waals surface area contributed by atoms with Crippen molar-refractivity contribution in [2.24, 2.45) is 0 Å². The molecular formula is C23H17NO4. The number of aromatic hydroxyl groups is 1. The van der Waals surface area contributed by atoms with Crippen LogP contribution in [0.2, 0.25) is 0 Å². The Morgan fingerprint density at radius 1 is 0.786 bits per heavy atom. The lowest BCUT2D eigenvalue weighted by Crippen LogP contribution is -2.29. The third-order valence-electron chi connectivity index (χ3n) is 4.75. The predicted octanol–water partition coefficient (Wildman–Crippen LogP) is 4.02. The lowest BCUT2D eigenvalue weighted by atomic mass is 9.95. The van der Waals surface area contributed by atoms with Crippen LogP contribution in [0.15, 0.2) is 90.5 Å². The number of carbonyl (C=O) groups is 2. The van der Waals surface area contributed by atoms with Crippen LogP contribution in [0, 0.1) is 0 Å². The molecule has 1 amide bonds. The zero-order valence-corrected chi connectivity index (χ0v) is 14.8. The summed E-state index contributed by atoms with van der Waals surface area (Å²) in [5.74, 6) is -1.96. The number of anilines is 1. The maximum Gasteiger partial charge on any atom is 0.300 e. The average Bonchev–Trinajstić information content (AvgIpc) is 3.00. The molecule has 3 aromatic rings. The summed E-state index contributed by atoms with van der Waals surface area (Å²) in [5.41, 5.74) is 1.30. The Balaban J connectivity index is 1.97. The molecule has 0 radical (unpaired) electrons. The Bertz CT molecular complexity index is 1070. The van der Waals surface area contributed by atoms with Crippen molar-refractivity contribution in [1.29, 1.82) is 0 Å². The van der Waals surface area contributed by atoms with Crippen molar-refractivity contribution in [2.45, 2.75) is 6.04 Å². The van der Waals surface area contributed by atoms with Gasteiger partial charge in [0.1, 0.15) is 11.5 Å². The van der Waals surface area contributed by atoms with Gasteiger partial charge in [-0.15, -0.1) is 0 Å². The highest BCUT2D eigenvalue weighted by atomic mass is 16.3. The molecule has 0 saturated carbocycles. The van der Waals surface area contributed by atoms with Gasteiger partial charge >= 0.3 is 0 Å². The third-order valence-corrected chi connectivity index (χ3v) is 4.75. The van der Waals surface area contributed by atoms with Gasteiger partial charge < -0.3 is 10.2 Å². The number of para-hydroxylation sites is 2. The number of rotatable bonds is 3. The van der Waals surface area contributed by atoms with Gasteiger partial charge in [0.15, 0.2) is 0 Å². The highest BCUT2D eigenvalue weighted by molar-refractivity contribution is 6.51. The van der Waals surface area contributed by atoms with Gasteiger partial charge in [0.25, 0.3) is 11.7 Å². The van der Waals surface area contributed by atoms with Gasteiger partial charge in [0.05, 0.1) is 17.3 Å². The van der Waals surface area contributed by atoms with Gasteiger partial charge in [-0.1, -0.05) is 72.8 Å². The second-order valence-electron chi connectivity index (χ2n) is 6.43. The van der Waals surface area contributed by atoms with E-state index in [9.17, 15) is 19.8 Å². The summed E-state index contributed by atoms with van der Waals surface area (Å²) in [5, 5.41) is 21.2. The van der Waals surface area contributed by atoms with Crippen molar-refractivity contribution in [3.8, 4) is 5.75 Å². The fourth-order valence-electron chi connectivity index (χ4n) is 3.45. The molecule has 0 aliphatic carbocycles. The maximum absolute atomic E-state index is 12.9. The second kappa shape index (κ2) is 7.04. The van der Waals surface area contributed by atoms with Crippen LogP contribution in [0.3, 0.4) is 0 Å². The summed E-state index contributed by atoms with van der Waals surface area (Å²) in [6.07, 6.45) is 0. The Hall–Kier alpha value is -3.86. The van der Waals surface area contributed by atoms with Gasteiger partial charge in [-0.05, 0) is 17.7 Å². The molecular weight excluding hydrogens is 354 g/mol. The lowest BCUT2D eigenvalue weighted by Gasteiger charge is -2.26. The zero-order valence-electron chi connectivity index (χ0n) is 14.8. The molecule has 3 aromatic carbocycles. The Labute approximate surface area is 161 Å². The van der Waals surface area contributed by atoms with Crippen LogP contribution in [0.25, 0.3) is 5.76 Å². The number of amides is 1. The number of ketones is 1. The fourth-order valence-corrected chi connectivity index (χ4v) is 3.45. The van der Waals surface area contributed by atoms with E-state index < -0.39 is 17.7 Å². The molecule has 28 heavy (non-hydrogen) atoms. The van der Waals surface area contributed by atoms with E-state index in [0.29, 0.717) is 11.1 Å². The molecule has 1 saturated heterocycles. The van der Waals surface area contributed by atoms with E-state index in [0.717, 1.165) is 0 Å². The normalized spacial score (nSPS) is 18.4. The number of Topliss-reactive ketones (excluding diaryl/α,β-unsaturated/α-hetero) is 1. The zero-order chi connectivity index (χ0) is 19.7. The smallest absolute Gasteiger partial charge is 0.300 e. The number of phenolic OH excluding ortho intramolecular Hbond substituents is 1. The number of aliphatic hydroxyl groups excluding tert-OH is 1. The first kappa shape index (κ1) is 17.5. The minimum absolute atomic E-state index is 0.00865. The van der Waals surface area contributed by atoms with Gasteiger partial charge in [-0.3, -0.25) is 14.5 Å². The topological polar surface area (TPSA) is 77.8 Å². The number of phenols is 1. The third kappa shape index (κ3) is 2.83. The lowest BCUT2D eigenvalue weighted by molar-refractivity contribution is -0.132. The van der Waals surface area contributed by atoms with Gasteiger partial charge in [0.2, 0.25) is 0 Å². The quantitative estimate of drug-likeness (QED) is 0.414.